The van der Waals surface area contributed by atoms with Crippen LogP contribution in [0.2, 0.25) is 0 Å². The second-order valence-corrected chi connectivity index (χ2v) is 5.57. The van der Waals surface area contributed by atoms with Crippen LogP contribution in [-0.4, -0.2) is 37.1 Å². The molecule has 2 rings (SSSR count). The molecule has 1 aliphatic carbocycles. The molecule has 0 aromatic carbocycles. The minimum Gasteiger partial charge on any atom is -0.314 e. The van der Waals surface area contributed by atoms with Gasteiger partial charge in [0.25, 0.3) is 0 Å². The lowest BCUT2D eigenvalue weighted by Gasteiger charge is -2.32. The third-order valence-corrected chi connectivity index (χ3v) is 4.14. The zero-order valence-electron chi connectivity index (χ0n) is 11.4. The van der Waals surface area contributed by atoms with Crippen molar-refractivity contribution in [2.24, 2.45) is 0 Å². The van der Waals surface area contributed by atoms with Gasteiger partial charge in [-0.25, -0.2) is 0 Å². The Morgan fingerprint density at radius 3 is 2.82 bits per heavy atom. The monoisotopic (exact) mass is 236 g/mol. The summed E-state index contributed by atoms with van der Waals surface area (Å²) < 4.78 is 0. The lowest BCUT2D eigenvalue weighted by Crippen LogP contribution is -2.42. The molecular weight excluding hydrogens is 208 g/mol. The average molecular weight is 236 g/mol. The highest BCUT2D eigenvalue weighted by molar-refractivity contribution is 5.07. The van der Waals surface area contributed by atoms with E-state index < -0.39 is 0 Å². The van der Waals surface area contributed by atoms with Crippen LogP contribution in [0.4, 0.5) is 0 Å². The van der Waals surface area contributed by atoms with Gasteiger partial charge in [0.2, 0.25) is 0 Å². The van der Waals surface area contributed by atoms with Crippen molar-refractivity contribution in [3.05, 3.63) is 11.6 Å². The zero-order chi connectivity index (χ0) is 11.9. The fourth-order valence-electron chi connectivity index (χ4n) is 3.08. The summed E-state index contributed by atoms with van der Waals surface area (Å²) in [5.74, 6) is 0. The van der Waals surface area contributed by atoms with Gasteiger partial charge in [-0.15, -0.1) is 0 Å². The van der Waals surface area contributed by atoms with Crippen LogP contribution in [0.5, 0.6) is 0 Å². The molecule has 2 aliphatic rings. The lowest BCUT2D eigenvalue weighted by atomic mass is 10.0. The standard InChI is InChI=1S/C15H28N2/c1-2-11-17-12-8-15(9-13-17)16-10-7-14-5-3-4-6-14/h5,15-16H,2-4,6-13H2,1H3. The zero-order valence-corrected chi connectivity index (χ0v) is 11.4. The summed E-state index contributed by atoms with van der Waals surface area (Å²) in [7, 11) is 0. The molecule has 98 valence electrons. The predicted molar refractivity (Wildman–Crippen MR) is 74.3 cm³/mol. The Labute approximate surface area is 106 Å². The van der Waals surface area contributed by atoms with Gasteiger partial charge in [0.15, 0.2) is 0 Å². The van der Waals surface area contributed by atoms with E-state index in [1.165, 1.54) is 71.1 Å². The summed E-state index contributed by atoms with van der Waals surface area (Å²) in [6.45, 7) is 7.37. The highest BCUT2D eigenvalue weighted by Crippen LogP contribution is 2.20. The highest BCUT2D eigenvalue weighted by Gasteiger charge is 2.17. The number of hydrogen-bond acceptors (Lipinski definition) is 2. The number of allylic oxidation sites excluding steroid dienone is 1. The Morgan fingerprint density at radius 1 is 1.35 bits per heavy atom. The first-order valence-electron chi connectivity index (χ1n) is 7.52. The van der Waals surface area contributed by atoms with Gasteiger partial charge in [-0.1, -0.05) is 18.6 Å². The van der Waals surface area contributed by atoms with Gasteiger partial charge in [-0.2, -0.15) is 0 Å². The van der Waals surface area contributed by atoms with Crippen molar-refractivity contribution in [3.63, 3.8) is 0 Å². The van der Waals surface area contributed by atoms with Crippen LogP contribution in [0, 0.1) is 0 Å². The Morgan fingerprint density at radius 2 is 2.18 bits per heavy atom. The van der Waals surface area contributed by atoms with Crippen molar-refractivity contribution in [3.8, 4) is 0 Å². The molecule has 1 saturated heterocycles. The molecule has 1 aliphatic heterocycles. The Bertz CT molecular complexity index is 239. The molecule has 0 bridgehead atoms. The maximum atomic E-state index is 3.74. The quantitative estimate of drug-likeness (QED) is 0.713. The third-order valence-electron chi connectivity index (χ3n) is 4.14. The first-order valence-corrected chi connectivity index (χ1v) is 7.52. The van der Waals surface area contributed by atoms with Crippen molar-refractivity contribution in [2.75, 3.05) is 26.2 Å². The second kappa shape index (κ2) is 7.17. The molecule has 2 heteroatoms. The number of hydrogen-bond donors (Lipinski definition) is 1. The Kier molecular flexibility index (Phi) is 5.53. The molecule has 2 nitrogen and oxygen atoms in total. The van der Waals surface area contributed by atoms with Gasteiger partial charge >= 0.3 is 0 Å². The first-order chi connectivity index (χ1) is 8.38. The van der Waals surface area contributed by atoms with Crippen molar-refractivity contribution in [1.29, 1.82) is 0 Å². The molecule has 0 aromatic heterocycles. The summed E-state index contributed by atoms with van der Waals surface area (Å²) >= 11 is 0. The number of piperidine rings is 1. The average Bonchev–Trinajstić information content (AvgIpc) is 2.85. The molecule has 0 atom stereocenters. The second-order valence-electron chi connectivity index (χ2n) is 5.57. The number of rotatable bonds is 6. The molecule has 17 heavy (non-hydrogen) atoms. The van der Waals surface area contributed by atoms with E-state index in [-0.39, 0.29) is 0 Å². The van der Waals surface area contributed by atoms with E-state index in [4.69, 9.17) is 0 Å². The summed E-state index contributed by atoms with van der Waals surface area (Å²) in [5.41, 5.74) is 1.70. The van der Waals surface area contributed by atoms with Crippen LogP contribution in [-0.2, 0) is 0 Å². The molecule has 0 amide bonds. The number of likely N-dealkylation sites (tertiary alicyclic amines) is 1. The third kappa shape index (κ3) is 4.44. The number of nitrogens with zero attached hydrogens (tertiary/aromatic N) is 1. The van der Waals surface area contributed by atoms with Gasteiger partial charge in [0.05, 0.1) is 0 Å². The summed E-state index contributed by atoms with van der Waals surface area (Å²) in [5, 5.41) is 3.74. The van der Waals surface area contributed by atoms with Gasteiger partial charge in [-0.3, -0.25) is 0 Å². The predicted octanol–water partition coefficient (Wildman–Crippen LogP) is 2.95. The molecular formula is C15H28N2. The summed E-state index contributed by atoms with van der Waals surface area (Å²) in [6.07, 6.45) is 11.8. The topological polar surface area (TPSA) is 15.3 Å². The van der Waals surface area contributed by atoms with Crippen LogP contribution < -0.4 is 5.32 Å². The molecule has 0 radical (unpaired) electrons. The van der Waals surface area contributed by atoms with E-state index in [0.717, 1.165) is 6.04 Å². The Hall–Kier alpha value is -0.340. The minimum atomic E-state index is 0.783. The summed E-state index contributed by atoms with van der Waals surface area (Å²) in [4.78, 5) is 2.61. The van der Waals surface area contributed by atoms with Crippen molar-refractivity contribution in [1.82, 2.24) is 10.2 Å². The fourth-order valence-corrected chi connectivity index (χ4v) is 3.08. The number of nitrogens with one attached hydrogen (secondary N) is 1. The van der Waals surface area contributed by atoms with Gasteiger partial charge in [0.1, 0.15) is 0 Å². The van der Waals surface area contributed by atoms with E-state index in [2.05, 4.69) is 23.2 Å². The van der Waals surface area contributed by atoms with Gasteiger partial charge < -0.3 is 10.2 Å². The molecule has 1 fully saturated rings. The lowest BCUT2D eigenvalue weighted by molar-refractivity contribution is 0.198. The normalized spacial score (nSPS) is 23.0. The summed E-state index contributed by atoms with van der Waals surface area (Å²) in [6, 6.07) is 0.783. The fraction of sp³-hybridized carbons (Fsp3) is 0.867. The largest absolute Gasteiger partial charge is 0.314 e. The van der Waals surface area contributed by atoms with Crippen LogP contribution in [0.1, 0.15) is 51.9 Å². The maximum absolute atomic E-state index is 3.74. The first kappa shape index (κ1) is 13.1. The van der Waals surface area contributed by atoms with Gasteiger partial charge in [0, 0.05) is 6.04 Å². The van der Waals surface area contributed by atoms with Crippen molar-refractivity contribution < 1.29 is 0 Å². The highest BCUT2D eigenvalue weighted by atomic mass is 15.1. The maximum Gasteiger partial charge on any atom is 0.00915 e. The Balaban J connectivity index is 1.55. The van der Waals surface area contributed by atoms with Crippen molar-refractivity contribution in [2.45, 2.75) is 57.9 Å². The van der Waals surface area contributed by atoms with Crippen LogP contribution in [0.25, 0.3) is 0 Å². The minimum absolute atomic E-state index is 0.783. The smallest absolute Gasteiger partial charge is 0.00915 e. The molecule has 0 saturated carbocycles. The molecule has 1 N–H and O–H groups in total. The van der Waals surface area contributed by atoms with E-state index in [1.807, 2.05) is 0 Å². The van der Waals surface area contributed by atoms with E-state index in [1.54, 1.807) is 5.57 Å². The molecule has 0 spiro atoms. The SMILES string of the molecule is CCCN1CCC(NCCC2=CCCC2)CC1. The molecule has 0 unspecified atom stereocenters. The molecule has 1 heterocycles. The van der Waals surface area contributed by atoms with Crippen LogP contribution in [0.15, 0.2) is 11.6 Å². The van der Waals surface area contributed by atoms with Crippen LogP contribution in [0.3, 0.4) is 0 Å². The van der Waals surface area contributed by atoms with Gasteiger partial charge in [-0.05, 0) is 71.1 Å². The molecule has 0 aromatic rings. The van der Waals surface area contributed by atoms with E-state index in [0.29, 0.717) is 0 Å². The van der Waals surface area contributed by atoms with Crippen molar-refractivity contribution >= 4 is 0 Å². The van der Waals surface area contributed by atoms with E-state index in [9.17, 15) is 0 Å². The van der Waals surface area contributed by atoms with Crippen LogP contribution >= 0.6 is 0 Å². The van der Waals surface area contributed by atoms with E-state index >= 15 is 0 Å².